The van der Waals surface area contributed by atoms with Crippen molar-refractivity contribution in [2.45, 2.75) is 58.3 Å². The van der Waals surface area contributed by atoms with E-state index >= 15 is 0 Å². The zero-order chi connectivity index (χ0) is 18.4. The molecule has 1 fully saturated rings. The third-order valence-corrected chi connectivity index (χ3v) is 5.32. The second kappa shape index (κ2) is 9.20. The van der Waals surface area contributed by atoms with Crippen LogP contribution in [0.4, 0.5) is 4.79 Å². The van der Waals surface area contributed by atoms with E-state index in [-0.39, 0.29) is 18.1 Å². The summed E-state index contributed by atoms with van der Waals surface area (Å²) in [7, 11) is 3.92. The lowest BCUT2D eigenvalue weighted by Crippen LogP contribution is -2.41. The van der Waals surface area contributed by atoms with Crippen molar-refractivity contribution in [3.05, 3.63) is 35.4 Å². The molecule has 1 aromatic carbocycles. The van der Waals surface area contributed by atoms with Crippen LogP contribution in [-0.2, 0) is 13.1 Å². The molecule has 2 N–H and O–H groups in total. The third kappa shape index (κ3) is 5.72. The van der Waals surface area contributed by atoms with Crippen LogP contribution in [0.3, 0.4) is 0 Å². The Morgan fingerprint density at radius 1 is 1.24 bits per heavy atom. The van der Waals surface area contributed by atoms with Gasteiger partial charge in [0, 0.05) is 38.6 Å². The van der Waals surface area contributed by atoms with Crippen molar-refractivity contribution in [1.82, 2.24) is 15.1 Å². The van der Waals surface area contributed by atoms with Gasteiger partial charge in [0.05, 0.1) is 6.10 Å². The Bertz CT molecular complexity index is 562. The number of aliphatic hydroxyl groups is 1. The number of carbonyl (C=O) groups is 1. The zero-order valence-electron chi connectivity index (χ0n) is 16.0. The number of urea groups is 1. The molecule has 2 amide bonds. The minimum absolute atomic E-state index is 0.0777. The number of rotatable bonds is 7. The molecule has 2 unspecified atom stereocenters. The molecule has 0 aromatic heterocycles. The highest BCUT2D eigenvalue weighted by Crippen LogP contribution is 2.26. The molecule has 1 aromatic rings. The summed E-state index contributed by atoms with van der Waals surface area (Å²) in [5, 5.41) is 12.9. The highest BCUT2D eigenvalue weighted by Gasteiger charge is 2.27. The first kappa shape index (κ1) is 19.7. The van der Waals surface area contributed by atoms with E-state index in [2.05, 4.69) is 43.2 Å². The van der Waals surface area contributed by atoms with Crippen LogP contribution >= 0.6 is 0 Å². The largest absolute Gasteiger partial charge is 0.393 e. The van der Waals surface area contributed by atoms with Crippen LogP contribution in [0.2, 0.25) is 0 Å². The van der Waals surface area contributed by atoms with Crippen LogP contribution in [0.1, 0.15) is 44.2 Å². The highest BCUT2D eigenvalue weighted by molar-refractivity contribution is 5.73. The lowest BCUT2D eigenvalue weighted by atomic mass is 10.1. The van der Waals surface area contributed by atoms with Gasteiger partial charge in [-0.1, -0.05) is 30.7 Å². The Hall–Kier alpha value is -1.59. The summed E-state index contributed by atoms with van der Waals surface area (Å²) in [5.74, 6) is 0.211. The van der Waals surface area contributed by atoms with E-state index in [1.54, 1.807) is 11.9 Å². The Morgan fingerprint density at radius 2 is 1.92 bits per heavy atom. The van der Waals surface area contributed by atoms with Crippen LogP contribution in [-0.4, -0.2) is 53.7 Å². The van der Waals surface area contributed by atoms with Crippen molar-refractivity contribution < 1.29 is 9.90 Å². The second-order valence-electron chi connectivity index (χ2n) is 7.58. The number of benzene rings is 1. The smallest absolute Gasteiger partial charge is 0.317 e. The second-order valence-corrected chi connectivity index (χ2v) is 7.58. The van der Waals surface area contributed by atoms with Gasteiger partial charge in [0.1, 0.15) is 0 Å². The number of hydrogen-bond donors (Lipinski definition) is 2. The first-order valence-electron chi connectivity index (χ1n) is 9.32. The SMILES string of the molecule is CC(C)N(C)Cc1ccccc1CNC(=O)N(C)CC1CCCC1O. The van der Waals surface area contributed by atoms with Gasteiger partial charge < -0.3 is 15.3 Å². The van der Waals surface area contributed by atoms with Gasteiger partial charge >= 0.3 is 6.03 Å². The average molecular weight is 348 g/mol. The first-order chi connectivity index (χ1) is 11.9. The topological polar surface area (TPSA) is 55.8 Å². The number of carbonyl (C=O) groups excluding carboxylic acids is 1. The van der Waals surface area contributed by atoms with Gasteiger partial charge in [-0.2, -0.15) is 0 Å². The summed E-state index contributed by atoms with van der Waals surface area (Å²) in [6.07, 6.45) is 2.65. The molecule has 140 valence electrons. The average Bonchev–Trinajstić information content (AvgIpc) is 2.98. The van der Waals surface area contributed by atoms with E-state index in [0.29, 0.717) is 19.1 Å². The van der Waals surface area contributed by atoms with Crippen molar-refractivity contribution in [3.63, 3.8) is 0 Å². The molecule has 0 aliphatic heterocycles. The molecule has 2 atom stereocenters. The zero-order valence-corrected chi connectivity index (χ0v) is 16.0. The molecule has 5 nitrogen and oxygen atoms in total. The van der Waals surface area contributed by atoms with Crippen LogP contribution in [0.5, 0.6) is 0 Å². The Kier molecular flexibility index (Phi) is 7.26. The Balaban J connectivity index is 1.88. The van der Waals surface area contributed by atoms with Crippen molar-refractivity contribution in [2.75, 3.05) is 20.6 Å². The van der Waals surface area contributed by atoms with Gasteiger partial charge in [0.15, 0.2) is 0 Å². The Morgan fingerprint density at radius 3 is 2.52 bits per heavy atom. The molecule has 2 rings (SSSR count). The van der Waals surface area contributed by atoms with Crippen LogP contribution in [0.25, 0.3) is 0 Å². The summed E-state index contributed by atoms with van der Waals surface area (Å²) in [5.41, 5.74) is 2.39. The summed E-state index contributed by atoms with van der Waals surface area (Å²) in [6, 6.07) is 8.66. The summed E-state index contributed by atoms with van der Waals surface area (Å²) in [6.45, 7) is 6.37. The lowest BCUT2D eigenvalue weighted by molar-refractivity contribution is 0.114. The predicted octanol–water partition coefficient (Wildman–Crippen LogP) is 2.83. The Labute approximate surface area is 152 Å². The predicted molar refractivity (Wildman–Crippen MR) is 101 cm³/mol. The molecule has 1 aliphatic carbocycles. The molecule has 0 bridgehead atoms. The molecule has 25 heavy (non-hydrogen) atoms. The first-order valence-corrected chi connectivity index (χ1v) is 9.32. The van der Waals surface area contributed by atoms with Crippen molar-refractivity contribution in [1.29, 1.82) is 0 Å². The van der Waals surface area contributed by atoms with Crippen LogP contribution in [0.15, 0.2) is 24.3 Å². The quantitative estimate of drug-likeness (QED) is 0.797. The fourth-order valence-corrected chi connectivity index (χ4v) is 3.31. The van der Waals surface area contributed by atoms with Crippen molar-refractivity contribution in [2.24, 2.45) is 5.92 Å². The van der Waals surface area contributed by atoms with Gasteiger partial charge in [0.25, 0.3) is 0 Å². The van der Waals surface area contributed by atoms with Gasteiger partial charge in [-0.25, -0.2) is 4.79 Å². The minimum Gasteiger partial charge on any atom is -0.393 e. The maximum Gasteiger partial charge on any atom is 0.317 e. The maximum atomic E-state index is 12.4. The number of hydrogen-bond acceptors (Lipinski definition) is 3. The standard InChI is InChI=1S/C20H33N3O2/c1-15(2)22(3)13-17-9-6-5-8-16(17)12-21-20(25)23(4)14-18-10-7-11-19(18)24/h5-6,8-9,15,18-19,24H,7,10-14H2,1-4H3,(H,21,25). The molecule has 0 spiro atoms. The van der Waals surface area contributed by atoms with E-state index in [0.717, 1.165) is 31.4 Å². The van der Waals surface area contributed by atoms with E-state index in [4.69, 9.17) is 0 Å². The highest BCUT2D eigenvalue weighted by atomic mass is 16.3. The molecule has 5 heteroatoms. The van der Waals surface area contributed by atoms with Gasteiger partial charge in [-0.05, 0) is 44.9 Å². The van der Waals surface area contributed by atoms with Gasteiger partial charge in [-0.3, -0.25) is 4.90 Å². The minimum atomic E-state index is -0.262. The number of nitrogens with zero attached hydrogens (tertiary/aromatic N) is 2. The molecule has 0 radical (unpaired) electrons. The van der Waals surface area contributed by atoms with Crippen LogP contribution < -0.4 is 5.32 Å². The molecule has 1 aliphatic rings. The molecular weight excluding hydrogens is 314 g/mol. The van der Waals surface area contributed by atoms with Gasteiger partial charge in [0.2, 0.25) is 0 Å². The fourth-order valence-electron chi connectivity index (χ4n) is 3.31. The third-order valence-electron chi connectivity index (χ3n) is 5.32. The van der Waals surface area contributed by atoms with E-state index in [9.17, 15) is 9.90 Å². The van der Waals surface area contributed by atoms with E-state index in [1.165, 1.54) is 5.56 Å². The van der Waals surface area contributed by atoms with Crippen LogP contribution in [0, 0.1) is 5.92 Å². The van der Waals surface area contributed by atoms with Gasteiger partial charge in [-0.15, -0.1) is 0 Å². The normalized spacial score (nSPS) is 20.3. The van der Waals surface area contributed by atoms with E-state index < -0.39 is 0 Å². The monoisotopic (exact) mass is 347 g/mol. The fraction of sp³-hybridized carbons (Fsp3) is 0.650. The summed E-state index contributed by atoms with van der Waals surface area (Å²) >= 11 is 0. The lowest BCUT2D eigenvalue weighted by Gasteiger charge is -2.25. The molecule has 0 heterocycles. The number of amides is 2. The summed E-state index contributed by atoms with van der Waals surface area (Å²) in [4.78, 5) is 16.4. The van der Waals surface area contributed by atoms with Crippen molar-refractivity contribution in [3.8, 4) is 0 Å². The van der Waals surface area contributed by atoms with E-state index in [1.807, 2.05) is 12.1 Å². The summed E-state index contributed by atoms with van der Waals surface area (Å²) < 4.78 is 0. The number of aliphatic hydroxyl groups excluding tert-OH is 1. The number of nitrogens with one attached hydrogen (secondary N) is 1. The molecular formula is C20H33N3O2. The molecule has 0 saturated heterocycles. The molecule has 1 saturated carbocycles. The van der Waals surface area contributed by atoms with Crippen molar-refractivity contribution >= 4 is 6.03 Å². The maximum absolute atomic E-state index is 12.4.